The number of hydrogen-bond acceptors (Lipinski definition) is 4. The number of benzene rings is 1. The predicted molar refractivity (Wildman–Crippen MR) is 104 cm³/mol. The van der Waals surface area contributed by atoms with Crippen LogP contribution in [0, 0.1) is 0 Å². The summed E-state index contributed by atoms with van der Waals surface area (Å²) in [6.07, 6.45) is 6.74. The third kappa shape index (κ3) is 3.29. The first-order chi connectivity index (χ1) is 13.0. The zero-order valence-corrected chi connectivity index (χ0v) is 15.6. The minimum Gasteiger partial charge on any atom is -0.320 e. The summed E-state index contributed by atoms with van der Waals surface area (Å²) < 4.78 is 3.49. The first-order valence-corrected chi connectivity index (χ1v) is 8.85. The molecule has 0 aliphatic carbocycles. The number of hydrogen-bond donors (Lipinski definition) is 1. The highest BCUT2D eigenvalue weighted by Gasteiger charge is 2.14. The Balaban J connectivity index is 1.67. The van der Waals surface area contributed by atoms with Gasteiger partial charge in [0.1, 0.15) is 0 Å². The van der Waals surface area contributed by atoms with Crippen molar-refractivity contribution in [2.24, 2.45) is 0 Å². The van der Waals surface area contributed by atoms with Gasteiger partial charge in [0, 0.05) is 35.0 Å². The average Bonchev–Trinajstić information content (AvgIpc) is 3.31. The normalized spacial score (nSPS) is 11.3. The second kappa shape index (κ2) is 6.85. The van der Waals surface area contributed by atoms with Gasteiger partial charge >= 0.3 is 0 Å². The molecule has 4 aromatic rings. The van der Waals surface area contributed by atoms with E-state index in [4.69, 9.17) is 11.6 Å². The minimum atomic E-state index is -0.280. The van der Waals surface area contributed by atoms with E-state index in [2.05, 4.69) is 20.5 Å². The number of amides is 1. The molecular weight excluding hydrogens is 364 g/mol. The van der Waals surface area contributed by atoms with Crippen LogP contribution in [-0.4, -0.2) is 30.5 Å². The van der Waals surface area contributed by atoms with E-state index in [1.165, 1.54) is 0 Å². The first kappa shape index (κ1) is 17.2. The lowest BCUT2D eigenvalue weighted by atomic mass is 10.2. The standard InChI is InChI=1S/C19H17ClN6O/c1-12(2)26-18-13(11-23-26)8-14(10-21-18)19(27)24-16-9-15(20)4-5-17(16)25-7-3-6-22-25/h3-12H,1-2H3,(H,24,27). The lowest BCUT2D eigenvalue weighted by Gasteiger charge is -2.12. The number of aromatic nitrogens is 5. The average molecular weight is 381 g/mol. The topological polar surface area (TPSA) is 77.6 Å². The van der Waals surface area contributed by atoms with E-state index in [0.29, 0.717) is 16.3 Å². The van der Waals surface area contributed by atoms with E-state index >= 15 is 0 Å². The van der Waals surface area contributed by atoms with E-state index in [1.54, 1.807) is 53.7 Å². The van der Waals surface area contributed by atoms with Crippen molar-refractivity contribution in [3.05, 3.63) is 65.7 Å². The maximum absolute atomic E-state index is 12.8. The van der Waals surface area contributed by atoms with Crippen molar-refractivity contribution in [2.75, 3.05) is 5.32 Å². The number of carbonyl (C=O) groups is 1. The van der Waals surface area contributed by atoms with Gasteiger partial charge in [-0.05, 0) is 44.2 Å². The fraction of sp³-hybridized carbons (Fsp3) is 0.158. The van der Waals surface area contributed by atoms with Crippen LogP contribution in [0.3, 0.4) is 0 Å². The van der Waals surface area contributed by atoms with Gasteiger partial charge in [0.15, 0.2) is 5.65 Å². The Morgan fingerprint density at radius 2 is 2.04 bits per heavy atom. The van der Waals surface area contributed by atoms with E-state index in [9.17, 15) is 4.79 Å². The molecule has 3 aromatic heterocycles. The van der Waals surface area contributed by atoms with Gasteiger partial charge < -0.3 is 5.32 Å². The van der Waals surface area contributed by atoms with Crippen LogP contribution in [-0.2, 0) is 0 Å². The molecule has 8 heteroatoms. The van der Waals surface area contributed by atoms with E-state index in [1.807, 2.05) is 24.6 Å². The van der Waals surface area contributed by atoms with Gasteiger partial charge in [0.05, 0.1) is 23.1 Å². The molecule has 0 bridgehead atoms. The second-order valence-electron chi connectivity index (χ2n) is 6.39. The van der Waals surface area contributed by atoms with Crippen molar-refractivity contribution in [3.8, 4) is 5.69 Å². The molecule has 7 nitrogen and oxygen atoms in total. The zero-order chi connectivity index (χ0) is 19.0. The highest BCUT2D eigenvalue weighted by Crippen LogP contribution is 2.25. The van der Waals surface area contributed by atoms with Crippen LogP contribution in [0.4, 0.5) is 5.69 Å². The molecule has 0 unspecified atom stereocenters. The Kier molecular flexibility index (Phi) is 4.37. The molecule has 0 radical (unpaired) electrons. The highest BCUT2D eigenvalue weighted by atomic mass is 35.5. The maximum Gasteiger partial charge on any atom is 0.257 e. The van der Waals surface area contributed by atoms with Crippen LogP contribution >= 0.6 is 11.6 Å². The Morgan fingerprint density at radius 1 is 1.19 bits per heavy atom. The Labute approximate surface area is 160 Å². The number of anilines is 1. The van der Waals surface area contributed by atoms with Gasteiger partial charge in [-0.1, -0.05) is 11.6 Å². The number of nitrogens with one attached hydrogen (secondary N) is 1. The van der Waals surface area contributed by atoms with Crippen LogP contribution in [0.25, 0.3) is 16.7 Å². The maximum atomic E-state index is 12.8. The number of carbonyl (C=O) groups excluding carboxylic acids is 1. The molecule has 1 N–H and O–H groups in total. The molecule has 3 heterocycles. The molecule has 0 saturated carbocycles. The quantitative estimate of drug-likeness (QED) is 0.578. The Hall–Kier alpha value is -3.19. The van der Waals surface area contributed by atoms with Crippen LogP contribution in [0.5, 0.6) is 0 Å². The van der Waals surface area contributed by atoms with Gasteiger partial charge in [-0.15, -0.1) is 0 Å². The molecule has 0 atom stereocenters. The lowest BCUT2D eigenvalue weighted by molar-refractivity contribution is 0.102. The number of rotatable bonds is 4. The molecule has 4 rings (SSSR count). The summed E-state index contributed by atoms with van der Waals surface area (Å²) >= 11 is 6.11. The van der Waals surface area contributed by atoms with Gasteiger partial charge in [0.2, 0.25) is 0 Å². The van der Waals surface area contributed by atoms with E-state index < -0.39 is 0 Å². The van der Waals surface area contributed by atoms with Gasteiger partial charge in [-0.25, -0.2) is 14.3 Å². The van der Waals surface area contributed by atoms with Crippen molar-refractivity contribution in [3.63, 3.8) is 0 Å². The third-order valence-electron chi connectivity index (χ3n) is 4.14. The summed E-state index contributed by atoms with van der Waals surface area (Å²) in [6, 6.07) is 9.03. The van der Waals surface area contributed by atoms with E-state index in [0.717, 1.165) is 16.7 Å². The van der Waals surface area contributed by atoms with Crippen LogP contribution in [0.2, 0.25) is 5.02 Å². The molecule has 1 amide bonds. The summed E-state index contributed by atoms with van der Waals surface area (Å²) in [5, 5.41) is 12.8. The SMILES string of the molecule is CC(C)n1ncc2cc(C(=O)Nc3cc(Cl)ccc3-n3cccn3)cnc21. The summed E-state index contributed by atoms with van der Waals surface area (Å²) in [7, 11) is 0. The molecule has 0 fully saturated rings. The van der Waals surface area contributed by atoms with Crippen LogP contribution in [0.15, 0.2) is 55.1 Å². The molecule has 27 heavy (non-hydrogen) atoms. The predicted octanol–water partition coefficient (Wildman–Crippen LogP) is 4.10. The monoisotopic (exact) mass is 380 g/mol. The van der Waals surface area contributed by atoms with Gasteiger partial charge in [0.25, 0.3) is 5.91 Å². The summed E-state index contributed by atoms with van der Waals surface area (Å²) in [5.74, 6) is -0.280. The number of pyridine rings is 1. The van der Waals surface area contributed by atoms with Crippen LogP contribution < -0.4 is 5.32 Å². The van der Waals surface area contributed by atoms with Crippen molar-refractivity contribution >= 4 is 34.2 Å². The van der Waals surface area contributed by atoms with Crippen molar-refractivity contribution in [2.45, 2.75) is 19.9 Å². The molecule has 136 valence electrons. The lowest BCUT2D eigenvalue weighted by Crippen LogP contribution is -2.14. The first-order valence-electron chi connectivity index (χ1n) is 8.47. The highest BCUT2D eigenvalue weighted by molar-refractivity contribution is 6.31. The molecule has 1 aromatic carbocycles. The van der Waals surface area contributed by atoms with Crippen molar-refractivity contribution in [1.82, 2.24) is 24.5 Å². The Morgan fingerprint density at radius 3 is 2.78 bits per heavy atom. The summed E-state index contributed by atoms with van der Waals surface area (Å²) in [5.41, 5.74) is 2.48. The Bertz CT molecular complexity index is 1120. The van der Waals surface area contributed by atoms with Crippen molar-refractivity contribution < 1.29 is 4.79 Å². The number of fused-ring (bicyclic) bond motifs is 1. The number of halogens is 1. The van der Waals surface area contributed by atoms with Gasteiger partial charge in [-0.2, -0.15) is 10.2 Å². The zero-order valence-electron chi connectivity index (χ0n) is 14.8. The molecule has 0 aliphatic rings. The van der Waals surface area contributed by atoms with Crippen LogP contribution in [0.1, 0.15) is 30.2 Å². The summed E-state index contributed by atoms with van der Waals surface area (Å²) in [4.78, 5) is 17.2. The summed E-state index contributed by atoms with van der Waals surface area (Å²) in [6.45, 7) is 4.06. The fourth-order valence-corrected chi connectivity index (χ4v) is 3.03. The molecule has 0 spiro atoms. The minimum absolute atomic E-state index is 0.192. The fourth-order valence-electron chi connectivity index (χ4n) is 2.86. The van der Waals surface area contributed by atoms with E-state index in [-0.39, 0.29) is 11.9 Å². The third-order valence-corrected chi connectivity index (χ3v) is 4.38. The van der Waals surface area contributed by atoms with Crippen molar-refractivity contribution in [1.29, 1.82) is 0 Å². The number of nitrogens with zero attached hydrogens (tertiary/aromatic N) is 5. The van der Waals surface area contributed by atoms with Gasteiger partial charge in [-0.3, -0.25) is 4.79 Å². The molecular formula is C19H17ClN6O. The smallest absolute Gasteiger partial charge is 0.257 e. The second-order valence-corrected chi connectivity index (χ2v) is 6.82. The largest absolute Gasteiger partial charge is 0.320 e. The molecule has 0 aliphatic heterocycles. The molecule has 0 saturated heterocycles.